The Morgan fingerprint density at radius 3 is 2.50 bits per heavy atom. The molecule has 1 fully saturated rings. The highest BCUT2D eigenvalue weighted by Crippen LogP contribution is 2.21. The maximum Gasteiger partial charge on any atom is 0.235 e. The van der Waals surface area contributed by atoms with Gasteiger partial charge < -0.3 is 4.90 Å². The van der Waals surface area contributed by atoms with Gasteiger partial charge in [0.25, 0.3) is 0 Å². The molecule has 0 aliphatic carbocycles. The number of hydrogen-bond acceptors (Lipinski definition) is 2. The highest BCUT2D eigenvalue weighted by molar-refractivity contribution is 7.99. The van der Waals surface area contributed by atoms with E-state index in [0.717, 1.165) is 19.0 Å². The minimum atomic E-state index is 0.133. The topological polar surface area (TPSA) is 20.3 Å². The van der Waals surface area contributed by atoms with Crippen molar-refractivity contribution in [1.82, 2.24) is 4.90 Å². The molecule has 1 heterocycles. The smallest absolute Gasteiger partial charge is 0.235 e. The molecular formula is C11H21NOS. The Morgan fingerprint density at radius 1 is 1.50 bits per heavy atom. The van der Waals surface area contributed by atoms with Crippen molar-refractivity contribution in [2.45, 2.75) is 38.4 Å². The van der Waals surface area contributed by atoms with Crippen molar-refractivity contribution in [3.63, 3.8) is 0 Å². The average molecular weight is 215 g/mol. The first-order valence-corrected chi connectivity index (χ1v) is 6.79. The van der Waals surface area contributed by atoms with Gasteiger partial charge in [0.15, 0.2) is 0 Å². The minimum absolute atomic E-state index is 0.133. The quantitative estimate of drug-likeness (QED) is 0.720. The Hall–Kier alpha value is -0.180. The summed E-state index contributed by atoms with van der Waals surface area (Å²) in [7, 11) is 0. The number of likely N-dealkylation sites (tertiary alicyclic amines) is 1. The third-order valence-corrected chi connectivity index (χ3v) is 4.11. The van der Waals surface area contributed by atoms with Gasteiger partial charge in [-0.3, -0.25) is 4.79 Å². The second kappa shape index (κ2) is 5.64. The Morgan fingerprint density at radius 2 is 2.07 bits per heavy atom. The fraction of sp³-hybridized carbons (Fsp3) is 0.909. The molecule has 0 aromatic carbocycles. The van der Waals surface area contributed by atoms with E-state index >= 15 is 0 Å². The minimum Gasteiger partial charge on any atom is -0.342 e. The van der Waals surface area contributed by atoms with E-state index in [2.05, 4.69) is 6.92 Å². The summed E-state index contributed by atoms with van der Waals surface area (Å²) in [4.78, 5) is 13.9. The average Bonchev–Trinajstić information content (AvgIpc) is 2.27. The Labute approximate surface area is 91.4 Å². The lowest BCUT2D eigenvalue weighted by atomic mass is 9.94. The van der Waals surface area contributed by atoms with E-state index < -0.39 is 0 Å². The summed E-state index contributed by atoms with van der Waals surface area (Å²) < 4.78 is 0. The normalized spacial score (nSPS) is 20.9. The lowest BCUT2D eigenvalue weighted by molar-refractivity contribution is -0.131. The molecule has 1 rings (SSSR count). The van der Waals surface area contributed by atoms with E-state index in [-0.39, 0.29) is 5.25 Å². The summed E-state index contributed by atoms with van der Waals surface area (Å²) in [5.41, 5.74) is 0. The van der Waals surface area contributed by atoms with Crippen molar-refractivity contribution in [2.24, 2.45) is 5.92 Å². The first-order chi connectivity index (χ1) is 6.69. The summed E-state index contributed by atoms with van der Waals surface area (Å²) in [6.07, 6.45) is 5.66. The van der Waals surface area contributed by atoms with Crippen LogP contribution in [0.15, 0.2) is 0 Å². The van der Waals surface area contributed by atoms with Gasteiger partial charge in [-0.15, -0.1) is 0 Å². The van der Waals surface area contributed by atoms with Gasteiger partial charge in [0.1, 0.15) is 0 Å². The van der Waals surface area contributed by atoms with E-state index in [1.54, 1.807) is 11.8 Å². The van der Waals surface area contributed by atoms with Crippen LogP contribution in [0.4, 0.5) is 0 Å². The van der Waals surface area contributed by atoms with Crippen LogP contribution >= 0.6 is 11.8 Å². The van der Waals surface area contributed by atoms with Crippen LogP contribution in [0, 0.1) is 5.92 Å². The highest BCUT2D eigenvalue weighted by Gasteiger charge is 2.24. The first kappa shape index (κ1) is 11.9. The number of piperidine rings is 1. The Bertz CT molecular complexity index is 188. The Balaban J connectivity index is 2.37. The number of carbonyl (C=O) groups excluding carboxylic acids is 1. The van der Waals surface area contributed by atoms with Crippen molar-refractivity contribution >= 4 is 17.7 Å². The molecule has 0 bridgehead atoms. The molecule has 0 saturated carbocycles. The molecule has 1 aliphatic rings. The van der Waals surface area contributed by atoms with Crippen molar-refractivity contribution in [3.8, 4) is 0 Å². The molecule has 3 heteroatoms. The second-order valence-corrected chi connectivity index (χ2v) is 5.23. The third kappa shape index (κ3) is 2.91. The maximum absolute atomic E-state index is 11.8. The van der Waals surface area contributed by atoms with E-state index in [4.69, 9.17) is 0 Å². The fourth-order valence-corrected chi connectivity index (χ4v) is 2.27. The lowest BCUT2D eigenvalue weighted by Gasteiger charge is -2.32. The predicted octanol–water partition coefficient (Wildman–Crippen LogP) is 2.39. The summed E-state index contributed by atoms with van der Waals surface area (Å²) >= 11 is 1.64. The molecule has 0 radical (unpaired) electrons. The fourth-order valence-electron chi connectivity index (χ4n) is 1.92. The predicted molar refractivity (Wildman–Crippen MR) is 62.6 cm³/mol. The lowest BCUT2D eigenvalue weighted by Crippen LogP contribution is -2.42. The molecule has 2 nitrogen and oxygen atoms in total. The molecule has 82 valence electrons. The van der Waals surface area contributed by atoms with Crippen molar-refractivity contribution in [1.29, 1.82) is 0 Å². The number of carbonyl (C=O) groups is 1. The largest absolute Gasteiger partial charge is 0.342 e. The maximum atomic E-state index is 11.8. The van der Waals surface area contributed by atoms with Crippen LogP contribution in [-0.4, -0.2) is 35.4 Å². The molecule has 1 unspecified atom stereocenters. The van der Waals surface area contributed by atoms with Gasteiger partial charge in [-0.2, -0.15) is 11.8 Å². The van der Waals surface area contributed by atoms with Crippen LogP contribution in [0.5, 0.6) is 0 Å². The van der Waals surface area contributed by atoms with Crippen LogP contribution in [-0.2, 0) is 4.79 Å². The molecule has 14 heavy (non-hydrogen) atoms. The van der Waals surface area contributed by atoms with Gasteiger partial charge in [-0.25, -0.2) is 0 Å². The van der Waals surface area contributed by atoms with Crippen molar-refractivity contribution < 1.29 is 4.79 Å². The van der Waals surface area contributed by atoms with Crippen LogP contribution in [0.2, 0.25) is 0 Å². The van der Waals surface area contributed by atoms with E-state index in [1.165, 1.54) is 19.3 Å². The van der Waals surface area contributed by atoms with E-state index in [0.29, 0.717) is 5.91 Å². The monoisotopic (exact) mass is 215 g/mol. The molecule has 1 atom stereocenters. The molecule has 1 saturated heterocycles. The molecule has 1 amide bonds. The highest BCUT2D eigenvalue weighted by atomic mass is 32.2. The number of hydrogen-bond donors (Lipinski definition) is 0. The summed E-state index contributed by atoms with van der Waals surface area (Å²) in [6.45, 7) is 6.19. The molecule has 0 N–H and O–H groups in total. The van der Waals surface area contributed by atoms with Gasteiger partial charge >= 0.3 is 0 Å². The number of amides is 1. The van der Waals surface area contributed by atoms with Gasteiger partial charge in [0.05, 0.1) is 5.25 Å². The molecule has 0 spiro atoms. The van der Waals surface area contributed by atoms with Crippen LogP contribution in [0.1, 0.15) is 33.1 Å². The standard InChI is InChI=1S/C11H21NOS/c1-4-10-5-7-12(8-6-10)11(13)9(2)14-3/h9-10H,4-8H2,1-3H3. The number of thioether (sulfide) groups is 1. The van der Waals surface area contributed by atoms with Crippen molar-refractivity contribution in [3.05, 3.63) is 0 Å². The van der Waals surface area contributed by atoms with Gasteiger partial charge in [0.2, 0.25) is 5.91 Å². The summed E-state index contributed by atoms with van der Waals surface area (Å²) in [5.74, 6) is 1.18. The van der Waals surface area contributed by atoms with Crippen LogP contribution < -0.4 is 0 Å². The number of rotatable bonds is 3. The zero-order valence-corrected chi connectivity index (χ0v) is 10.3. The Kier molecular flexibility index (Phi) is 4.79. The van der Waals surface area contributed by atoms with Crippen LogP contribution in [0.3, 0.4) is 0 Å². The molecule has 1 aliphatic heterocycles. The zero-order chi connectivity index (χ0) is 10.6. The zero-order valence-electron chi connectivity index (χ0n) is 9.45. The van der Waals surface area contributed by atoms with Crippen molar-refractivity contribution in [2.75, 3.05) is 19.3 Å². The van der Waals surface area contributed by atoms with Gasteiger partial charge in [-0.05, 0) is 31.9 Å². The molecule has 0 aromatic rings. The third-order valence-electron chi connectivity index (χ3n) is 3.20. The van der Waals surface area contributed by atoms with Gasteiger partial charge in [-0.1, -0.05) is 13.3 Å². The first-order valence-electron chi connectivity index (χ1n) is 5.50. The van der Waals surface area contributed by atoms with E-state index in [1.807, 2.05) is 18.1 Å². The van der Waals surface area contributed by atoms with Crippen LogP contribution in [0.25, 0.3) is 0 Å². The SMILES string of the molecule is CCC1CCN(C(=O)C(C)SC)CC1. The summed E-state index contributed by atoms with van der Waals surface area (Å²) in [6, 6.07) is 0. The molecule has 0 aromatic heterocycles. The number of nitrogens with zero attached hydrogens (tertiary/aromatic N) is 1. The molecular weight excluding hydrogens is 194 g/mol. The summed E-state index contributed by atoms with van der Waals surface area (Å²) in [5, 5.41) is 0.133. The second-order valence-electron chi connectivity index (χ2n) is 4.05. The van der Waals surface area contributed by atoms with E-state index in [9.17, 15) is 4.79 Å². The van der Waals surface area contributed by atoms with Gasteiger partial charge in [0, 0.05) is 13.1 Å².